The maximum absolute atomic E-state index is 4.34. The predicted octanol–water partition coefficient (Wildman–Crippen LogP) is 4.13. The predicted molar refractivity (Wildman–Crippen MR) is 87.1 cm³/mol. The van der Waals surface area contributed by atoms with Crippen LogP contribution in [0.2, 0.25) is 0 Å². The van der Waals surface area contributed by atoms with Crippen LogP contribution in [0.5, 0.6) is 0 Å². The first-order chi connectivity index (χ1) is 10.4. The number of benzene rings is 2. The monoisotopic (exact) mass is 293 g/mol. The van der Waals surface area contributed by atoms with E-state index in [0.717, 1.165) is 17.1 Å². The summed E-state index contributed by atoms with van der Waals surface area (Å²) in [5.74, 6) is 1.06. The summed E-state index contributed by atoms with van der Waals surface area (Å²) in [6, 6.07) is 19.2. The summed E-state index contributed by atoms with van der Waals surface area (Å²) < 4.78 is 1.90. The van der Waals surface area contributed by atoms with Crippen LogP contribution < -0.4 is 5.32 Å². The average molecular weight is 293 g/mol. The van der Waals surface area contributed by atoms with E-state index in [0.29, 0.717) is 6.04 Å². The van der Waals surface area contributed by atoms with E-state index in [1.165, 1.54) is 10.5 Å². The first-order valence-corrected chi connectivity index (χ1v) is 7.98. The van der Waals surface area contributed by atoms with Gasteiger partial charge in [0.2, 0.25) is 0 Å². The van der Waals surface area contributed by atoms with E-state index in [2.05, 4.69) is 52.9 Å². The highest BCUT2D eigenvalue weighted by molar-refractivity contribution is 7.99. The van der Waals surface area contributed by atoms with Gasteiger partial charge in [0.05, 0.1) is 17.4 Å². The summed E-state index contributed by atoms with van der Waals surface area (Å²) in [6.07, 6.45) is 3.77. The maximum atomic E-state index is 4.34. The van der Waals surface area contributed by atoms with Gasteiger partial charge in [-0.1, -0.05) is 30.3 Å². The van der Waals surface area contributed by atoms with Crippen molar-refractivity contribution in [2.45, 2.75) is 10.9 Å². The molecule has 0 bridgehead atoms. The number of rotatable bonds is 3. The number of thioether (sulfide) groups is 1. The molecule has 104 valence electrons. The Labute approximate surface area is 128 Å². The fraction of sp³-hybridized carbons (Fsp3) is 0.118. The van der Waals surface area contributed by atoms with E-state index >= 15 is 0 Å². The molecule has 3 nitrogen and oxygen atoms in total. The lowest BCUT2D eigenvalue weighted by atomic mass is 10.1. The molecule has 0 aliphatic carbocycles. The molecule has 0 amide bonds. The van der Waals surface area contributed by atoms with Gasteiger partial charge in [-0.2, -0.15) is 5.10 Å². The summed E-state index contributed by atoms with van der Waals surface area (Å²) in [6.45, 7) is 0. The lowest BCUT2D eigenvalue weighted by Crippen LogP contribution is -2.12. The van der Waals surface area contributed by atoms with Crippen LogP contribution in [0, 0.1) is 0 Å². The minimum atomic E-state index is 0.350. The summed E-state index contributed by atoms with van der Waals surface area (Å²) >= 11 is 1.91. The minimum absolute atomic E-state index is 0.350. The van der Waals surface area contributed by atoms with E-state index in [4.69, 9.17) is 0 Å². The number of hydrogen-bond acceptors (Lipinski definition) is 3. The number of para-hydroxylation sites is 2. The second-order valence-corrected chi connectivity index (χ2v) is 6.08. The highest BCUT2D eigenvalue weighted by Crippen LogP contribution is 2.40. The molecule has 0 saturated heterocycles. The van der Waals surface area contributed by atoms with Gasteiger partial charge in [-0.15, -0.1) is 11.8 Å². The number of anilines is 1. The van der Waals surface area contributed by atoms with Crippen molar-refractivity contribution in [3.63, 3.8) is 0 Å². The quantitative estimate of drug-likeness (QED) is 0.787. The van der Waals surface area contributed by atoms with Gasteiger partial charge in [0, 0.05) is 23.0 Å². The Bertz CT molecular complexity index is 752. The van der Waals surface area contributed by atoms with Crippen LogP contribution >= 0.6 is 11.8 Å². The van der Waals surface area contributed by atoms with Crippen LogP contribution in [0.4, 0.5) is 5.69 Å². The third-order valence-corrected chi connectivity index (χ3v) is 4.87. The number of hydrogen-bond donors (Lipinski definition) is 1. The zero-order valence-electron chi connectivity index (χ0n) is 11.4. The van der Waals surface area contributed by atoms with Crippen LogP contribution in [-0.2, 0) is 0 Å². The first kappa shape index (κ1) is 12.5. The topological polar surface area (TPSA) is 29.9 Å². The molecule has 1 atom stereocenters. The van der Waals surface area contributed by atoms with Crippen molar-refractivity contribution in [2.24, 2.45) is 0 Å². The van der Waals surface area contributed by atoms with E-state index < -0.39 is 0 Å². The Morgan fingerprint density at radius 1 is 1.05 bits per heavy atom. The van der Waals surface area contributed by atoms with E-state index in [-0.39, 0.29) is 0 Å². The second-order valence-electron chi connectivity index (χ2n) is 5.01. The highest BCUT2D eigenvalue weighted by atomic mass is 32.2. The van der Waals surface area contributed by atoms with Crippen molar-refractivity contribution in [1.82, 2.24) is 9.78 Å². The molecule has 1 aromatic heterocycles. The largest absolute Gasteiger partial charge is 0.376 e. The van der Waals surface area contributed by atoms with E-state index in [1.807, 2.05) is 34.8 Å². The van der Waals surface area contributed by atoms with Gasteiger partial charge >= 0.3 is 0 Å². The third kappa shape index (κ3) is 2.32. The molecule has 0 fully saturated rings. The number of nitrogens with one attached hydrogen (secondary N) is 1. The molecule has 1 N–H and O–H groups in total. The Morgan fingerprint density at radius 3 is 2.81 bits per heavy atom. The Kier molecular flexibility index (Phi) is 3.16. The van der Waals surface area contributed by atoms with Gasteiger partial charge in [0.25, 0.3) is 0 Å². The Balaban J connectivity index is 1.67. The van der Waals surface area contributed by atoms with E-state index in [1.54, 1.807) is 6.20 Å². The summed E-state index contributed by atoms with van der Waals surface area (Å²) in [4.78, 5) is 1.38. The van der Waals surface area contributed by atoms with Crippen LogP contribution in [0.25, 0.3) is 5.69 Å². The van der Waals surface area contributed by atoms with Crippen LogP contribution in [-0.4, -0.2) is 15.5 Å². The molecule has 0 radical (unpaired) electrons. The van der Waals surface area contributed by atoms with Crippen molar-refractivity contribution in [3.8, 4) is 5.69 Å². The SMILES string of the molecule is c1ccc(-n2cccn2)c(NC2CSc3ccccc32)c1. The van der Waals surface area contributed by atoms with Gasteiger partial charge < -0.3 is 5.32 Å². The summed E-state index contributed by atoms with van der Waals surface area (Å²) in [7, 11) is 0. The second kappa shape index (κ2) is 5.30. The number of nitrogens with zero attached hydrogens (tertiary/aromatic N) is 2. The third-order valence-electron chi connectivity index (χ3n) is 3.68. The smallest absolute Gasteiger partial charge is 0.0877 e. The normalized spacial score (nSPS) is 16.7. The molecule has 4 heteroatoms. The zero-order valence-corrected chi connectivity index (χ0v) is 12.3. The fourth-order valence-corrected chi connectivity index (χ4v) is 3.84. The molecular formula is C17H15N3S. The first-order valence-electron chi connectivity index (χ1n) is 6.99. The fourth-order valence-electron chi connectivity index (χ4n) is 2.68. The van der Waals surface area contributed by atoms with Crippen LogP contribution in [0.1, 0.15) is 11.6 Å². The molecule has 21 heavy (non-hydrogen) atoms. The van der Waals surface area contributed by atoms with Gasteiger partial charge in [-0.25, -0.2) is 4.68 Å². The molecule has 2 aromatic carbocycles. The van der Waals surface area contributed by atoms with Crippen molar-refractivity contribution < 1.29 is 0 Å². The van der Waals surface area contributed by atoms with Crippen molar-refractivity contribution in [3.05, 3.63) is 72.6 Å². The van der Waals surface area contributed by atoms with Gasteiger partial charge in [-0.05, 0) is 29.8 Å². The number of aromatic nitrogens is 2. The lowest BCUT2D eigenvalue weighted by Gasteiger charge is -2.17. The molecule has 2 heterocycles. The molecule has 4 rings (SSSR count). The van der Waals surface area contributed by atoms with Gasteiger partial charge in [-0.3, -0.25) is 0 Å². The van der Waals surface area contributed by atoms with Crippen LogP contribution in [0.3, 0.4) is 0 Å². The molecule has 1 aliphatic heterocycles. The van der Waals surface area contributed by atoms with Crippen molar-refractivity contribution in [1.29, 1.82) is 0 Å². The Hall–Kier alpha value is -2.20. The van der Waals surface area contributed by atoms with Crippen LogP contribution in [0.15, 0.2) is 71.9 Å². The minimum Gasteiger partial charge on any atom is -0.376 e. The average Bonchev–Trinajstić information content (AvgIpc) is 3.18. The molecular weight excluding hydrogens is 278 g/mol. The lowest BCUT2D eigenvalue weighted by molar-refractivity contribution is 0.860. The molecule has 0 saturated carbocycles. The Morgan fingerprint density at radius 2 is 1.90 bits per heavy atom. The highest BCUT2D eigenvalue weighted by Gasteiger charge is 2.23. The van der Waals surface area contributed by atoms with Crippen molar-refractivity contribution >= 4 is 17.4 Å². The van der Waals surface area contributed by atoms with E-state index in [9.17, 15) is 0 Å². The molecule has 3 aromatic rings. The molecule has 1 aliphatic rings. The zero-order chi connectivity index (χ0) is 14.1. The van der Waals surface area contributed by atoms with Gasteiger partial charge in [0.15, 0.2) is 0 Å². The molecule has 0 spiro atoms. The summed E-state index contributed by atoms with van der Waals surface area (Å²) in [5.41, 5.74) is 3.58. The van der Waals surface area contributed by atoms with Gasteiger partial charge in [0.1, 0.15) is 0 Å². The standard InChI is InChI=1S/C17H15N3S/c1-4-9-17-13(6-1)15(12-21-17)19-14-7-2-3-8-16(14)20-11-5-10-18-20/h1-11,15,19H,12H2. The summed E-state index contributed by atoms with van der Waals surface area (Å²) in [5, 5.41) is 8.01. The maximum Gasteiger partial charge on any atom is 0.0877 e. The molecule has 1 unspecified atom stereocenters. The van der Waals surface area contributed by atoms with Crippen molar-refractivity contribution in [2.75, 3.05) is 11.1 Å². The number of fused-ring (bicyclic) bond motifs is 1.